The summed E-state index contributed by atoms with van der Waals surface area (Å²) in [6.45, 7) is 11.6. The monoisotopic (exact) mass is 706 g/mol. The second kappa shape index (κ2) is 15.3. The number of carbonyl (C=O) groups is 1. The van der Waals surface area contributed by atoms with Crippen molar-refractivity contribution in [1.29, 1.82) is 0 Å². The highest BCUT2D eigenvalue weighted by atomic mass is 35.5. The van der Waals surface area contributed by atoms with E-state index in [-0.39, 0.29) is 30.5 Å². The summed E-state index contributed by atoms with van der Waals surface area (Å²) in [4.78, 5) is 32.8. The lowest BCUT2D eigenvalue weighted by Gasteiger charge is -2.26. The summed E-state index contributed by atoms with van der Waals surface area (Å²) >= 11 is 13.7. The number of methoxy groups -OCH3 is 1. The zero-order valence-electron chi connectivity index (χ0n) is 27.3. The van der Waals surface area contributed by atoms with Gasteiger partial charge in [-0.3, -0.25) is 9.36 Å². The lowest BCUT2D eigenvalue weighted by atomic mass is 9.95. The molecule has 0 bridgehead atoms. The molecule has 1 aliphatic heterocycles. The van der Waals surface area contributed by atoms with Gasteiger partial charge in [-0.15, -0.1) is 6.58 Å². The maximum Gasteiger partial charge on any atom is 0.338 e. The third kappa shape index (κ3) is 7.38. The van der Waals surface area contributed by atoms with Gasteiger partial charge in [-0.25, -0.2) is 9.79 Å². The van der Waals surface area contributed by atoms with Crippen LogP contribution >= 0.6 is 34.5 Å². The Hall–Kier alpha value is -4.31. The first-order valence-electron chi connectivity index (χ1n) is 15.4. The molecule has 11 heteroatoms. The normalized spacial score (nSPS) is 14.4. The van der Waals surface area contributed by atoms with Crippen LogP contribution in [0.4, 0.5) is 0 Å². The molecule has 250 valence electrons. The molecule has 1 aliphatic rings. The summed E-state index contributed by atoms with van der Waals surface area (Å²) in [7, 11) is 1.56. The first-order valence-corrected chi connectivity index (χ1v) is 17.0. The molecule has 0 aliphatic carbocycles. The van der Waals surface area contributed by atoms with Gasteiger partial charge in [-0.2, -0.15) is 0 Å². The first-order chi connectivity index (χ1) is 23.1. The van der Waals surface area contributed by atoms with Crippen LogP contribution < -0.4 is 29.1 Å². The van der Waals surface area contributed by atoms with Gasteiger partial charge >= 0.3 is 5.97 Å². The van der Waals surface area contributed by atoms with Gasteiger partial charge in [0.15, 0.2) is 16.3 Å². The van der Waals surface area contributed by atoms with Crippen LogP contribution in [0, 0.1) is 0 Å². The average Bonchev–Trinajstić information content (AvgIpc) is 3.34. The van der Waals surface area contributed by atoms with Crippen molar-refractivity contribution in [2.75, 3.05) is 13.7 Å². The van der Waals surface area contributed by atoms with Gasteiger partial charge in [0.1, 0.15) is 18.4 Å². The minimum Gasteiger partial charge on any atom is -0.493 e. The Bertz CT molecular complexity index is 2080. The molecule has 0 N–H and O–H groups in total. The Morgan fingerprint density at radius 2 is 1.88 bits per heavy atom. The number of thiazole rings is 1. The van der Waals surface area contributed by atoms with Gasteiger partial charge < -0.3 is 18.9 Å². The largest absolute Gasteiger partial charge is 0.493 e. The smallest absolute Gasteiger partial charge is 0.338 e. The van der Waals surface area contributed by atoms with Crippen molar-refractivity contribution in [2.24, 2.45) is 4.99 Å². The van der Waals surface area contributed by atoms with E-state index in [4.69, 9.17) is 47.1 Å². The van der Waals surface area contributed by atoms with Crippen LogP contribution in [0.1, 0.15) is 56.0 Å². The van der Waals surface area contributed by atoms with Gasteiger partial charge in [0.05, 0.1) is 35.6 Å². The molecular formula is C37H36Cl2N2O6S. The molecule has 0 fully saturated rings. The molecule has 2 heterocycles. The van der Waals surface area contributed by atoms with Crippen LogP contribution in [-0.4, -0.2) is 30.4 Å². The summed E-state index contributed by atoms with van der Waals surface area (Å²) in [6, 6.07) is 15.6. The van der Waals surface area contributed by atoms with E-state index in [1.165, 1.54) is 11.3 Å². The van der Waals surface area contributed by atoms with Gasteiger partial charge in [-0.1, -0.05) is 64.9 Å². The van der Waals surface area contributed by atoms with E-state index in [9.17, 15) is 9.59 Å². The number of halogens is 2. The zero-order valence-corrected chi connectivity index (χ0v) is 29.7. The Labute approximate surface area is 293 Å². The van der Waals surface area contributed by atoms with E-state index in [1.54, 1.807) is 49.8 Å². The summed E-state index contributed by atoms with van der Waals surface area (Å²) in [5.41, 5.74) is 3.41. The van der Waals surface area contributed by atoms with Crippen LogP contribution in [0.25, 0.3) is 6.08 Å². The lowest BCUT2D eigenvalue weighted by Crippen LogP contribution is -2.40. The zero-order chi connectivity index (χ0) is 34.5. The lowest BCUT2D eigenvalue weighted by molar-refractivity contribution is -0.139. The fraction of sp³-hybridized carbons (Fsp3) is 0.270. The highest BCUT2D eigenvalue weighted by Gasteiger charge is 2.35. The number of carbonyl (C=O) groups excluding carboxylic acids is 1. The van der Waals surface area contributed by atoms with Crippen molar-refractivity contribution >= 4 is 46.6 Å². The van der Waals surface area contributed by atoms with Crippen LogP contribution in [0.5, 0.6) is 17.2 Å². The Morgan fingerprint density at radius 3 is 2.56 bits per heavy atom. The highest BCUT2D eigenvalue weighted by molar-refractivity contribution is 7.07. The number of benzene rings is 3. The fourth-order valence-corrected chi connectivity index (χ4v) is 6.99. The minimum absolute atomic E-state index is 0.132. The number of hydrogen-bond donors (Lipinski definition) is 0. The van der Waals surface area contributed by atoms with Crippen molar-refractivity contribution in [3.63, 3.8) is 0 Å². The van der Waals surface area contributed by atoms with E-state index in [0.717, 1.165) is 11.1 Å². The van der Waals surface area contributed by atoms with Crippen molar-refractivity contribution < 1.29 is 23.7 Å². The number of aromatic nitrogens is 1. The van der Waals surface area contributed by atoms with Crippen molar-refractivity contribution in [3.8, 4) is 17.2 Å². The van der Waals surface area contributed by atoms with Crippen LogP contribution in [-0.2, 0) is 22.6 Å². The summed E-state index contributed by atoms with van der Waals surface area (Å²) in [6.07, 6.45) is 3.91. The summed E-state index contributed by atoms with van der Waals surface area (Å²) in [5, 5.41) is 1.03. The highest BCUT2D eigenvalue weighted by Crippen LogP contribution is 2.37. The van der Waals surface area contributed by atoms with Crippen molar-refractivity contribution in [2.45, 2.75) is 52.9 Å². The predicted molar refractivity (Wildman–Crippen MR) is 190 cm³/mol. The van der Waals surface area contributed by atoms with Gasteiger partial charge in [-0.05, 0) is 76.1 Å². The van der Waals surface area contributed by atoms with Gasteiger partial charge in [0, 0.05) is 26.7 Å². The number of nitrogens with zero attached hydrogens (tertiary/aromatic N) is 2. The molecule has 5 rings (SSSR count). The third-order valence-electron chi connectivity index (χ3n) is 7.52. The quantitative estimate of drug-likeness (QED) is 0.114. The number of fused-ring (bicyclic) bond motifs is 1. The molecule has 0 unspecified atom stereocenters. The Kier molecular flexibility index (Phi) is 11.1. The molecular weight excluding hydrogens is 671 g/mol. The molecule has 4 aromatic rings. The van der Waals surface area contributed by atoms with Crippen molar-refractivity contribution in [3.05, 3.63) is 131 Å². The molecule has 8 nitrogen and oxygen atoms in total. The fourth-order valence-electron chi connectivity index (χ4n) is 5.48. The number of rotatable bonds is 12. The Morgan fingerprint density at radius 1 is 1.10 bits per heavy atom. The van der Waals surface area contributed by atoms with E-state index in [1.807, 2.05) is 56.3 Å². The second-order valence-electron chi connectivity index (χ2n) is 11.2. The molecule has 0 amide bonds. The maximum atomic E-state index is 14.3. The van der Waals surface area contributed by atoms with Gasteiger partial charge in [0.25, 0.3) is 5.56 Å². The first kappa shape index (κ1) is 35.0. The van der Waals surface area contributed by atoms with E-state index < -0.39 is 12.0 Å². The number of allylic oxidation sites excluding steroid dienone is 2. The maximum absolute atomic E-state index is 14.3. The van der Waals surface area contributed by atoms with E-state index in [2.05, 4.69) is 6.58 Å². The number of ether oxygens (including phenoxy) is 4. The molecule has 1 atom stereocenters. The third-order valence-corrected chi connectivity index (χ3v) is 9.09. The molecule has 3 aromatic carbocycles. The van der Waals surface area contributed by atoms with E-state index in [0.29, 0.717) is 59.9 Å². The number of hydrogen-bond acceptors (Lipinski definition) is 8. The second-order valence-corrected chi connectivity index (χ2v) is 13.1. The predicted octanol–water partition coefficient (Wildman–Crippen LogP) is 7.21. The van der Waals surface area contributed by atoms with Crippen molar-refractivity contribution in [1.82, 2.24) is 4.57 Å². The molecule has 1 aromatic heterocycles. The van der Waals surface area contributed by atoms with Crippen LogP contribution in [0.15, 0.2) is 88.3 Å². The van der Waals surface area contributed by atoms with Crippen LogP contribution in [0.3, 0.4) is 0 Å². The van der Waals surface area contributed by atoms with Gasteiger partial charge in [0.2, 0.25) is 0 Å². The standard InChI is InChI=1S/C37H36Cl2N2O6S/c1-7-11-24-16-23(17-30(44-6)34(24)46-20-25-14-15-26(38)19-28(25)39)18-31-35(42)41-33(27-12-9-10-13-29(27)47-21(3)4)32(36(43)45-8-2)22(5)40-37(41)48-31/h7,9-10,12-19,21,33H,1,8,11,20H2,2-6H3/b31-18+/t33-/m0/s1. The topological polar surface area (TPSA) is 88.4 Å². The minimum atomic E-state index is -0.807. The summed E-state index contributed by atoms with van der Waals surface area (Å²) < 4.78 is 25.5. The molecule has 0 saturated carbocycles. The molecule has 48 heavy (non-hydrogen) atoms. The number of para-hydroxylation sites is 1. The summed E-state index contributed by atoms with van der Waals surface area (Å²) in [5.74, 6) is 1.06. The SMILES string of the molecule is C=CCc1cc(/C=c2/sc3n(c2=O)[C@@H](c2ccccc2OC(C)C)C(C(=O)OCC)=C(C)N=3)cc(OC)c1OCc1ccc(Cl)cc1Cl. The molecule has 0 saturated heterocycles. The molecule has 0 spiro atoms. The Balaban J connectivity index is 1.63. The van der Waals surface area contributed by atoms with Crippen LogP contribution in [0.2, 0.25) is 10.0 Å². The van der Waals surface area contributed by atoms with E-state index >= 15 is 0 Å². The average molecular weight is 708 g/mol. The number of esters is 1. The molecule has 0 radical (unpaired) electrons.